The number of amides is 1. The van der Waals surface area contributed by atoms with E-state index in [4.69, 9.17) is 5.73 Å². The van der Waals surface area contributed by atoms with Gasteiger partial charge in [-0.2, -0.15) is 0 Å². The van der Waals surface area contributed by atoms with E-state index in [0.29, 0.717) is 22.8 Å². The van der Waals surface area contributed by atoms with Crippen molar-refractivity contribution in [3.05, 3.63) is 29.3 Å². The first-order valence-electron chi connectivity index (χ1n) is 6.09. The second-order valence-corrected chi connectivity index (χ2v) is 6.33. The minimum absolute atomic E-state index is 0.120. The Morgan fingerprint density at radius 3 is 2.72 bits per heavy atom. The molecule has 0 aliphatic carbocycles. The lowest BCUT2D eigenvalue weighted by atomic mass is 10.1. The van der Waals surface area contributed by atoms with E-state index in [9.17, 15) is 9.00 Å². The molecule has 1 aliphatic rings. The van der Waals surface area contributed by atoms with Gasteiger partial charge in [0.25, 0.3) is 5.91 Å². The summed E-state index contributed by atoms with van der Waals surface area (Å²) in [5.41, 5.74) is 7.88. The number of para-hydroxylation sites is 1. The molecule has 1 amide bonds. The van der Waals surface area contributed by atoms with Crippen LogP contribution >= 0.6 is 0 Å². The smallest absolute Gasteiger partial charge is 0.253 e. The minimum Gasteiger partial charge on any atom is -0.398 e. The zero-order valence-electron chi connectivity index (χ0n) is 10.4. The predicted molar refractivity (Wildman–Crippen MR) is 74.0 cm³/mol. The van der Waals surface area contributed by atoms with Gasteiger partial charge in [-0.05, 0) is 31.4 Å². The summed E-state index contributed by atoms with van der Waals surface area (Å²) in [5, 5.41) is 2.97. The van der Waals surface area contributed by atoms with Crippen LogP contribution in [-0.2, 0) is 10.8 Å². The Morgan fingerprint density at radius 2 is 2.06 bits per heavy atom. The van der Waals surface area contributed by atoms with Crippen molar-refractivity contribution in [2.75, 3.05) is 17.2 Å². The number of aryl methyl sites for hydroxylation is 1. The van der Waals surface area contributed by atoms with Crippen molar-refractivity contribution in [2.24, 2.45) is 0 Å². The van der Waals surface area contributed by atoms with Crippen LogP contribution in [0.4, 0.5) is 5.69 Å². The highest BCUT2D eigenvalue weighted by Crippen LogP contribution is 2.17. The van der Waals surface area contributed by atoms with Crippen LogP contribution < -0.4 is 11.1 Å². The van der Waals surface area contributed by atoms with E-state index >= 15 is 0 Å². The number of nitrogens with two attached hydrogens (primary N) is 1. The number of hydrogen-bond acceptors (Lipinski definition) is 3. The average molecular weight is 266 g/mol. The largest absolute Gasteiger partial charge is 0.398 e. The maximum Gasteiger partial charge on any atom is 0.253 e. The molecule has 1 heterocycles. The molecule has 98 valence electrons. The normalized spacial score (nSPS) is 23.6. The Bertz CT molecular complexity index is 478. The number of rotatable bonds is 2. The summed E-state index contributed by atoms with van der Waals surface area (Å²) in [5.74, 6) is 1.22. The Morgan fingerprint density at radius 1 is 1.39 bits per heavy atom. The number of anilines is 1. The van der Waals surface area contributed by atoms with Crippen LogP contribution in [0.2, 0.25) is 0 Å². The topological polar surface area (TPSA) is 72.2 Å². The monoisotopic (exact) mass is 266 g/mol. The molecule has 0 radical (unpaired) electrons. The molecule has 0 saturated carbocycles. The van der Waals surface area contributed by atoms with Gasteiger partial charge in [0.15, 0.2) is 0 Å². The summed E-state index contributed by atoms with van der Waals surface area (Å²) in [7, 11) is -0.704. The second-order valence-electron chi connectivity index (χ2n) is 4.63. The van der Waals surface area contributed by atoms with Gasteiger partial charge in [-0.3, -0.25) is 9.00 Å². The van der Waals surface area contributed by atoms with Crippen LogP contribution in [-0.4, -0.2) is 27.7 Å². The van der Waals surface area contributed by atoms with E-state index in [0.717, 1.165) is 18.4 Å². The van der Waals surface area contributed by atoms with Crippen molar-refractivity contribution in [1.82, 2.24) is 5.32 Å². The molecule has 0 bridgehead atoms. The van der Waals surface area contributed by atoms with Crippen LogP contribution in [0.15, 0.2) is 18.2 Å². The SMILES string of the molecule is Cc1cccc(C(=O)NC2CCS(=O)CC2)c1N. The number of nitrogen functional groups attached to an aromatic ring is 1. The van der Waals surface area contributed by atoms with Crippen LogP contribution in [0.3, 0.4) is 0 Å². The predicted octanol–water partition coefficient (Wildman–Crippen LogP) is 1.22. The molecule has 5 heteroatoms. The van der Waals surface area contributed by atoms with Crippen LogP contribution in [0.1, 0.15) is 28.8 Å². The molecular formula is C13H18N2O2S. The Balaban J connectivity index is 2.03. The molecule has 0 aromatic heterocycles. The van der Waals surface area contributed by atoms with Gasteiger partial charge in [0.1, 0.15) is 0 Å². The van der Waals surface area contributed by atoms with Gasteiger partial charge in [0, 0.05) is 34.0 Å². The fourth-order valence-corrected chi connectivity index (χ4v) is 3.38. The quantitative estimate of drug-likeness (QED) is 0.791. The van der Waals surface area contributed by atoms with Crippen molar-refractivity contribution < 1.29 is 9.00 Å². The Labute approximate surface area is 109 Å². The van der Waals surface area contributed by atoms with Crippen LogP contribution in [0.5, 0.6) is 0 Å². The Kier molecular flexibility index (Phi) is 4.01. The highest BCUT2D eigenvalue weighted by molar-refractivity contribution is 7.85. The van der Waals surface area contributed by atoms with Crippen molar-refractivity contribution in [1.29, 1.82) is 0 Å². The molecule has 1 fully saturated rings. The zero-order chi connectivity index (χ0) is 13.1. The summed E-state index contributed by atoms with van der Waals surface area (Å²) in [4.78, 5) is 12.1. The van der Waals surface area contributed by atoms with Gasteiger partial charge in [-0.25, -0.2) is 0 Å². The summed E-state index contributed by atoms with van der Waals surface area (Å²) < 4.78 is 11.2. The third kappa shape index (κ3) is 2.90. The highest BCUT2D eigenvalue weighted by atomic mass is 32.2. The molecule has 1 saturated heterocycles. The summed E-state index contributed by atoms with van der Waals surface area (Å²) in [6.45, 7) is 1.88. The second kappa shape index (κ2) is 5.52. The van der Waals surface area contributed by atoms with Crippen LogP contribution in [0.25, 0.3) is 0 Å². The first-order valence-corrected chi connectivity index (χ1v) is 7.57. The number of benzene rings is 1. The van der Waals surface area contributed by atoms with Crippen molar-refractivity contribution >= 4 is 22.4 Å². The molecule has 2 rings (SSSR count). The molecule has 0 atom stereocenters. The van der Waals surface area contributed by atoms with Gasteiger partial charge >= 0.3 is 0 Å². The van der Waals surface area contributed by atoms with Crippen molar-refractivity contribution in [3.8, 4) is 0 Å². The molecule has 1 aliphatic heterocycles. The molecule has 0 spiro atoms. The average Bonchev–Trinajstić information content (AvgIpc) is 2.35. The number of nitrogens with one attached hydrogen (secondary N) is 1. The van der Waals surface area contributed by atoms with E-state index in [1.807, 2.05) is 19.1 Å². The van der Waals surface area contributed by atoms with Gasteiger partial charge < -0.3 is 11.1 Å². The van der Waals surface area contributed by atoms with Gasteiger partial charge in [-0.1, -0.05) is 12.1 Å². The minimum atomic E-state index is -0.704. The highest BCUT2D eigenvalue weighted by Gasteiger charge is 2.21. The van der Waals surface area contributed by atoms with Crippen molar-refractivity contribution in [3.63, 3.8) is 0 Å². The summed E-state index contributed by atoms with van der Waals surface area (Å²) >= 11 is 0. The number of carbonyl (C=O) groups is 1. The maximum absolute atomic E-state index is 12.1. The Hall–Kier alpha value is -1.36. The molecule has 4 nitrogen and oxygen atoms in total. The van der Waals surface area contributed by atoms with Crippen molar-refractivity contribution in [2.45, 2.75) is 25.8 Å². The van der Waals surface area contributed by atoms with E-state index < -0.39 is 10.8 Å². The summed E-state index contributed by atoms with van der Waals surface area (Å²) in [6, 6.07) is 5.57. The van der Waals surface area contributed by atoms with E-state index in [-0.39, 0.29) is 11.9 Å². The lowest BCUT2D eigenvalue weighted by Gasteiger charge is -2.23. The molecule has 1 aromatic carbocycles. The number of hydrogen-bond donors (Lipinski definition) is 2. The van der Waals surface area contributed by atoms with Gasteiger partial charge in [-0.15, -0.1) is 0 Å². The molecule has 3 N–H and O–H groups in total. The first-order chi connectivity index (χ1) is 8.58. The molecule has 1 aromatic rings. The molecule has 18 heavy (non-hydrogen) atoms. The standard InChI is InChI=1S/C13H18N2O2S/c1-9-3-2-4-11(12(9)14)13(16)15-10-5-7-18(17)8-6-10/h2-4,10H,5-8,14H2,1H3,(H,15,16). The van der Waals surface area contributed by atoms with Crippen LogP contribution in [0, 0.1) is 6.92 Å². The van der Waals surface area contributed by atoms with E-state index in [1.54, 1.807) is 6.07 Å². The number of carbonyl (C=O) groups excluding carboxylic acids is 1. The van der Waals surface area contributed by atoms with E-state index in [1.165, 1.54) is 0 Å². The molecular weight excluding hydrogens is 248 g/mol. The fourth-order valence-electron chi connectivity index (χ4n) is 2.08. The first kappa shape index (κ1) is 13.1. The third-order valence-electron chi connectivity index (χ3n) is 3.29. The lowest BCUT2D eigenvalue weighted by Crippen LogP contribution is -2.39. The molecule has 0 unspecified atom stereocenters. The zero-order valence-corrected chi connectivity index (χ0v) is 11.3. The third-order valence-corrected chi connectivity index (χ3v) is 4.67. The maximum atomic E-state index is 12.1. The van der Waals surface area contributed by atoms with Gasteiger partial charge in [0.05, 0.1) is 5.56 Å². The summed E-state index contributed by atoms with van der Waals surface area (Å²) in [6.07, 6.45) is 1.56. The lowest BCUT2D eigenvalue weighted by molar-refractivity contribution is 0.0935. The van der Waals surface area contributed by atoms with E-state index in [2.05, 4.69) is 5.32 Å². The van der Waals surface area contributed by atoms with Gasteiger partial charge in [0.2, 0.25) is 0 Å². The fraction of sp³-hybridized carbons (Fsp3) is 0.462.